The van der Waals surface area contributed by atoms with Gasteiger partial charge in [0.25, 0.3) is 0 Å². The Kier molecular flexibility index (Phi) is 35.2. The SMILES string of the molecule is CC(C)OC(=O)SSC(=O)OC(C)C.CC(C)OC(=O)SSC(=O)OC(C)C.CC(C)OC(=O)SSC(=O)OC(C)C.[Bi]. The average molecular weight is 924 g/mol. The number of ether oxygens (including phenoxy) is 6. The molecule has 0 aliphatic carbocycles. The Balaban J connectivity index is -0.000000262. The Morgan fingerprint density at radius 3 is 0.465 bits per heavy atom. The summed E-state index contributed by atoms with van der Waals surface area (Å²) in [7, 11) is 4.42. The van der Waals surface area contributed by atoms with Crippen LogP contribution in [-0.4, -0.2) is 94.6 Å². The van der Waals surface area contributed by atoms with Gasteiger partial charge in [0.15, 0.2) is 0 Å². The minimum Gasteiger partial charge on any atom is -0.454 e. The van der Waals surface area contributed by atoms with Crippen molar-refractivity contribution in [3.63, 3.8) is 0 Å². The maximum Gasteiger partial charge on any atom is 0.378 e. The smallest absolute Gasteiger partial charge is 0.378 e. The number of hydrogen-bond acceptors (Lipinski definition) is 18. The van der Waals surface area contributed by atoms with Crippen LogP contribution in [0.1, 0.15) is 83.1 Å². The summed E-state index contributed by atoms with van der Waals surface area (Å²) in [6, 6.07) is 0. The van der Waals surface area contributed by atoms with Crippen molar-refractivity contribution in [3.8, 4) is 0 Å². The molecule has 0 amide bonds. The molecule has 12 nitrogen and oxygen atoms in total. The summed E-state index contributed by atoms with van der Waals surface area (Å²) >= 11 is 0. The Bertz CT molecular complexity index is 656. The fraction of sp³-hybridized carbons (Fsp3) is 0.750. The van der Waals surface area contributed by atoms with Crippen LogP contribution in [0.4, 0.5) is 28.8 Å². The standard InChI is InChI=1S/3C8H14O4S2.Bi/c3*1-5(2)11-7(9)13-14-8(10)12-6(3)4;/h3*5-6H,1-4H3;. The molecule has 0 heterocycles. The van der Waals surface area contributed by atoms with E-state index in [9.17, 15) is 28.8 Å². The quantitative estimate of drug-likeness (QED) is 0.107. The van der Waals surface area contributed by atoms with Gasteiger partial charge in [-0.25, -0.2) is 28.8 Å². The predicted octanol–water partition coefficient (Wildman–Crippen LogP) is 9.99. The van der Waals surface area contributed by atoms with Gasteiger partial charge >= 0.3 is 31.8 Å². The maximum atomic E-state index is 11.0. The minimum atomic E-state index is -0.481. The first-order valence-corrected chi connectivity index (χ1v) is 19.0. The Hall–Kier alpha value is -0.197. The summed E-state index contributed by atoms with van der Waals surface area (Å²) in [5.41, 5.74) is 0. The zero-order valence-electron chi connectivity index (χ0n) is 26.3. The van der Waals surface area contributed by atoms with E-state index in [1.807, 2.05) is 0 Å². The maximum absolute atomic E-state index is 11.0. The van der Waals surface area contributed by atoms with Gasteiger partial charge in [-0.05, 0) is 83.1 Å². The molecule has 3 radical (unpaired) electrons. The molecule has 0 aromatic carbocycles. The van der Waals surface area contributed by atoms with E-state index in [-0.39, 0.29) is 62.8 Å². The van der Waals surface area contributed by atoms with Gasteiger partial charge in [-0.3, -0.25) is 0 Å². The van der Waals surface area contributed by atoms with E-state index in [1.54, 1.807) is 83.1 Å². The van der Waals surface area contributed by atoms with Gasteiger partial charge in [0.1, 0.15) is 0 Å². The Morgan fingerprint density at radius 2 is 0.395 bits per heavy atom. The van der Waals surface area contributed by atoms with E-state index in [0.29, 0.717) is 0 Å². The van der Waals surface area contributed by atoms with Crippen LogP contribution in [0.15, 0.2) is 0 Å². The van der Waals surface area contributed by atoms with Crippen molar-refractivity contribution in [1.82, 2.24) is 0 Å². The van der Waals surface area contributed by atoms with Crippen molar-refractivity contribution < 1.29 is 57.2 Å². The van der Waals surface area contributed by atoms with Gasteiger partial charge in [-0.2, -0.15) is 0 Å². The molecule has 0 aliphatic heterocycles. The van der Waals surface area contributed by atoms with Crippen LogP contribution >= 0.6 is 64.8 Å². The van der Waals surface area contributed by atoms with Crippen molar-refractivity contribution >= 4 is 123 Å². The molecule has 0 saturated heterocycles. The van der Waals surface area contributed by atoms with Crippen molar-refractivity contribution in [1.29, 1.82) is 0 Å². The second-order valence-electron chi connectivity index (χ2n) is 9.00. The molecule has 0 bridgehead atoms. The second-order valence-corrected chi connectivity index (χ2v) is 15.0. The van der Waals surface area contributed by atoms with Crippen LogP contribution in [0.2, 0.25) is 0 Å². The molecule has 0 aromatic rings. The van der Waals surface area contributed by atoms with Gasteiger partial charge in [0.05, 0.1) is 36.6 Å². The van der Waals surface area contributed by atoms with Gasteiger partial charge in [0.2, 0.25) is 0 Å². The van der Waals surface area contributed by atoms with E-state index in [4.69, 9.17) is 28.4 Å². The first-order valence-electron chi connectivity index (χ1n) is 12.5. The van der Waals surface area contributed by atoms with Crippen LogP contribution in [0, 0.1) is 0 Å². The third-order valence-corrected chi connectivity index (χ3v) is 7.37. The van der Waals surface area contributed by atoms with Gasteiger partial charge in [-0.1, -0.05) is 0 Å². The molecule has 19 heteroatoms. The van der Waals surface area contributed by atoms with Crippen molar-refractivity contribution in [3.05, 3.63) is 0 Å². The van der Waals surface area contributed by atoms with Gasteiger partial charge in [-0.15, -0.1) is 0 Å². The zero-order valence-corrected chi connectivity index (χ0v) is 34.6. The fourth-order valence-electron chi connectivity index (χ4n) is 1.48. The van der Waals surface area contributed by atoms with E-state index >= 15 is 0 Å². The molecule has 251 valence electrons. The number of rotatable bonds is 6. The molecule has 0 saturated carbocycles. The fourth-order valence-corrected chi connectivity index (χ4v) is 5.21. The molecule has 0 unspecified atom stereocenters. The summed E-state index contributed by atoms with van der Waals surface area (Å²) in [6.07, 6.45) is -1.02. The van der Waals surface area contributed by atoms with Crippen LogP contribution in [-0.2, 0) is 28.4 Å². The summed E-state index contributed by atoms with van der Waals surface area (Å²) in [5.74, 6) is 0. The summed E-state index contributed by atoms with van der Waals surface area (Å²) < 4.78 is 28.8. The zero-order chi connectivity index (χ0) is 33.4. The molecule has 0 aromatic heterocycles. The molecule has 0 spiro atoms. The van der Waals surface area contributed by atoms with Crippen molar-refractivity contribution in [2.45, 2.75) is 120 Å². The van der Waals surface area contributed by atoms with Gasteiger partial charge in [0, 0.05) is 91.0 Å². The van der Waals surface area contributed by atoms with Crippen LogP contribution < -0.4 is 0 Å². The molecule has 0 aliphatic rings. The monoisotopic (exact) mass is 923 g/mol. The summed E-state index contributed by atoms with van der Waals surface area (Å²) in [4.78, 5) is 65.7. The molecule has 43 heavy (non-hydrogen) atoms. The predicted molar refractivity (Wildman–Crippen MR) is 181 cm³/mol. The topological polar surface area (TPSA) is 158 Å². The summed E-state index contributed by atoms with van der Waals surface area (Å²) in [6.45, 7) is 20.9. The minimum absolute atomic E-state index is 0. The summed E-state index contributed by atoms with van der Waals surface area (Å²) in [5, 5.41) is -2.88. The van der Waals surface area contributed by atoms with Crippen LogP contribution in [0.3, 0.4) is 0 Å². The Morgan fingerprint density at radius 1 is 0.302 bits per heavy atom. The third-order valence-electron chi connectivity index (χ3n) is 2.52. The van der Waals surface area contributed by atoms with Gasteiger partial charge < -0.3 is 28.4 Å². The van der Waals surface area contributed by atoms with Crippen LogP contribution in [0.5, 0.6) is 0 Å². The largest absolute Gasteiger partial charge is 0.454 e. The molecule has 0 fully saturated rings. The number of carbonyl (C=O) groups excluding carboxylic acids is 6. The Labute approximate surface area is 297 Å². The molecule has 0 rings (SSSR count). The van der Waals surface area contributed by atoms with E-state index in [1.165, 1.54) is 0 Å². The van der Waals surface area contributed by atoms with E-state index in [0.717, 1.165) is 64.8 Å². The molecular formula is C24H42BiO12S6. The van der Waals surface area contributed by atoms with Crippen molar-refractivity contribution in [2.75, 3.05) is 0 Å². The number of hydrogen-bond donors (Lipinski definition) is 0. The van der Waals surface area contributed by atoms with E-state index < -0.39 is 31.8 Å². The second kappa shape index (κ2) is 30.5. The van der Waals surface area contributed by atoms with Crippen molar-refractivity contribution in [2.24, 2.45) is 0 Å². The van der Waals surface area contributed by atoms with Crippen LogP contribution in [0.25, 0.3) is 0 Å². The molecule has 0 N–H and O–H groups in total. The number of carbonyl (C=O) groups is 6. The third kappa shape index (κ3) is 44.0. The molecular weight excluding hydrogens is 882 g/mol. The average Bonchev–Trinajstić information content (AvgIpc) is 2.78. The molecule has 0 atom stereocenters. The first kappa shape index (κ1) is 49.7. The van der Waals surface area contributed by atoms with E-state index in [2.05, 4.69) is 0 Å². The normalized spacial score (nSPS) is 10.2. The first-order chi connectivity index (χ1) is 19.2.